The van der Waals surface area contributed by atoms with Crippen LogP contribution >= 0.6 is 0 Å². The summed E-state index contributed by atoms with van der Waals surface area (Å²) in [6, 6.07) is 0. The number of aliphatic hydroxyl groups excluding tert-OH is 1. The number of hydrogen-bond acceptors (Lipinski definition) is 3. The van der Waals surface area contributed by atoms with Crippen LogP contribution in [0.5, 0.6) is 0 Å². The van der Waals surface area contributed by atoms with Crippen LogP contribution in [0.25, 0.3) is 0 Å². The summed E-state index contributed by atoms with van der Waals surface area (Å²) in [4.78, 5) is 14.7. The van der Waals surface area contributed by atoms with Crippen molar-refractivity contribution >= 4 is 5.78 Å². The summed E-state index contributed by atoms with van der Waals surface area (Å²) in [6.07, 6.45) is 4.17. The molecule has 2 saturated carbocycles. The second kappa shape index (κ2) is 4.31. The molecule has 0 aromatic carbocycles. The summed E-state index contributed by atoms with van der Waals surface area (Å²) >= 11 is 0. The van der Waals surface area contributed by atoms with E-state index in [9.17, 15) is 9.90 Å². The van der Waals surface area contributed by atoms with Crippen molar-refractivity contribution in [3.8, 4) is 0 Å². The smallest absolute Gasteiger partial charge is 0.142 e. The normalized spacial score (nSPS) is 43.6. The summed E-state index contributed by atoms with van der Waals surface area (Å²) in [5.74, 6) is 1.87. The minimum atomic E-state index is -0.0974. The lowest BCUT2D eigenvalue weighted by Crippen LogP contribution is -2.33. The average molecular weight is 251 g/mol. The Balaban J connectivity index is 1.58. The van der Waals surface area contributed by atoms with Gasteiger partial charge >= 0.3 is 0 Å². The molecule has 1 heterocycles. The molecule has 1 saturated heterocycles. The Morgan fingerprint density at radius 2 is 2.06 bits per heavy atom. The zero-order valence-corrected chi connectivity index (χ0v) is 11.6. The van der Waals surface area contributed by atoms with Crippen LogP contribution in [0.4, 0.5) is 0 Å². The van der Waals surface area contributed by atoms with Crippen LogP contribution < -0.4 is 0 Å². The molecule has 102 valence electrons. The van der Waals surface area contributed by atoms with Crippen LogP contribution in [0.3, 0.4) is 0 Å². The van der Waals surface area contributed by atoms with Crippen LogP contribution in [0.2, 0.25) is 0 Å². The summed E-state index contributed by atoms with van der Waals surface area (Å²) in [5, 5.41) is 9.92. The highest BCUT2D eigenvalue weighted by Gasteiger charge is 2.45. The maximum atomic E-state index is 12.2. The maximum Gasteiger partial charge on any atom is 0.142 e. The average Bonchev–Trinajstić information content (AvgIpc) is 2.92. The van der Waals surface area contributed by atoms with Gasteiger partial charge < -0.3 is 10.0 Å². The van der Waals surface area contributed by atoms with Gasteiger partial charge in [0.2, 0.25) is 0 Å². The van der Waals surface area contributed by atoms with Gasteiger partial charge in [-0.2, -0.15) is 0 Å². The second-order valence-electron chi connectivity index (χ2n) is 7.27. The molecule has 4 unspecified atom stereocenters. The molecular weight excluding hydrogens is 226 g/mol. The van der Waals surface area contributed by atoms with E-state index >= 15 is 0 Å². The fourth-order valence-electron chi connectivity index (χ4n) is 4.31. The van der Waals surface area contributed by atoms with Gasteiger partial charge in [-0.15, -0.1) is 0 Å². The molecule has 2 aliphatic carbocycles. The quantitative estimate of drug-likeness (QED) is 0.812. The number of Topliss-reactive ketones (excluding diaryl/α,β-unsaturated/α-hetero) is 1. The summed E-state index contributed by atoms with van der Waals surface area (Å²) in [7, 11) is 0. The zero-order valence-electron chi connectivity index (χ0n) is 11.6. The van der Waals surface area contributed by atoms with Crippen molar-refractivity contribution in [1.29, 1.82) is 0 Å². The Labute approximate surface area is 110 Å². The van der Waals surface area contributed by atoms with Crippen LogP contribution in [-0.4, -0.2) is 41.5 Å². The van der Waals surface area contributed by atoms with Crippen molar-refractivity contribution in [1.82, 2.24) is 4.90 Å². The summed E-state index contributed by atoms with van der Waals surface area (Å²) < 4.78 is 0. The van der Waals surface area contributed by atoms with Gasteiger partial charge in [0.05, 0.1) is 6.10 Å². The molecule has 3 aliphatic rings. The van der Waals surface area contributed by atoms with E-state index in [1.165, 1.54) is 6.42 Å². The van der Waals surface area contributed by atoms with Crippen molar-refractivity contribution in [3.05, 3.63) is 0 Å². The summed E-state index contributed by atoms with van der Waals surface area (Å²) in [5.41, 5.74) is -0.0974. The van der Waals surface area contributed by atoms with Crippen molar-refractivity contribution in [2.45, 2.75) is 45.6 Å². The first kappa shape index (κ1) is 12.6. The lowest BCUT2D eigenvalue weighted by molar-refractivity contribution is -0.127. The molecular formula is C15H25NO2. The number of likely N-dealkylation sites (tertiary alicyclic amines) is 1. The highest BCUT2D eigenvalue weighted by atomic mass is 16.3. The number of ketones is 1. The lowest BCUT2D eigenvalue weighted by atomic mass is 9.89. The molecule has 0 bridgehead atoms. The highest BCUT2D eigenvalue weighted by Crippen LogP contribution is 2.41. The molecule has 0 radical (unpaired) electrons. The van der Waals surface area contributed by atoms with Crippen molar-refractivity contribution < 1.29 is 9.90 Å². The fourth-order valence-corrected chi connectivity index (χ4v) is 4.31. The number of fused-ring (bicyclic) bond motifs is 1. The predicted molar refractivity (Wildman–Crippen MR) is 70.2 cm³/mol. The third kappa shape index (κ3) is 2.01. The van der Waals surface area contributed by atoms with E-state index in [0.29, 0.717) is 17.6 Å². The molecule has 0 amide bonds. The Morgan fingerprint density at radius 3 is 2.67 bits per heavy atom. The second-order valence-corrected chi connectivity index (χ2v) is 7.27. The first-order valence-electron chi connectivity index (χ1n) is 7.42. The standard InChI is InChI=1S/C15H25NO2/c1-15(2)6-5-11(14(15)18)8-16-7-10-3-4-13(17)12(10)9-16/h10-13,17H,3-9H2,1-2H3. The van der Waals surface area contributed by atoms with E-state index in [-0.39, 0.29) is 17.4 Å². The van der Waals surface area contributed by atoms with E-state index in [4.69, 9.17) is 0 Å². The number of carbonyl (C=O) groups is 1. The summed E-state index contributed by atoms with van der Waals surface area (Å²) in [6.45, 7) is 7.21. The monoisotopic (exact) mass is 251 g/mol. The van der Waals surface area contributed by atoms with E-state index in [2.05, 4.69) is 18.7 Å². The number of nitrogens with zero attached hydrogens (tertiary/aromatic N) is 1. The van der Waals surface area contributed by atoms with E-state index in [1.807, 2.05) is 0 Å². The molecule has 1 aliphatic heterocycles. The van der Waals surface area contributed by atoms with Gasteiger partial charge in [0.25, 0.3) is 0 Å². The number of rotatable bonds is 2. The first-order valence-corrected chi connectivity index (χ1v) is 7.42. The Morgan fingerprint density at radius 1 is 1.28 bits per heavy atom. The molecule has 18 heavy (non-hydrogen) atoms. The topological polar surface area (TPSA) is 40.5 Å². The Hall–Kier alpha value is -0.410. The first-order chi connectivity index (χ1) is 8.47. The van der Waals surface area contributed by atoms with E-state index in [0.717, 1.165) is 38.9 Å². The van der Waals surface area contributed by atoms with Crippen LogP contribution in [-0.2, 0) is 4.79 Å². The maximum absolute atomic E-state index is 12.2. The molecule has 0 aromatic rings. The molecule has 3 fully saturated rings. The molecule has 3 nitrogen and oxygen atoms in total. The SMILES string of the molecule is CC1(C)CCC(CN2CC3CCC(O)C3C2)C1=O. The third-order valence-corrected chi connectivity index (χ3v) is 5.53. The van der Waals surface area contributed by atoms with Crippen molar-refractivity contribution in [3.63, 3.8) is 0 Å². The minimum absolute atomic E-state index is 0.0873. The molecule has 0 aromatic heterocycles. The molecule has 3 rings (SSSR count). The van der Waals surface area contributed by atoms with E-state index < -0.39 is 0 Å². The molecule has 0 spiro atoms. The highest BCUT2D eigenvalue weighted by molar-refractivity contribution is 5.88. The fraction of sp³-hybridized carbons (Fsp3) is 0.933. The van der Waals surface area contributed by atoms with Crippen molar-refractivity contribution in [2.75, 3.05) is 19.6 Å². The Bertz CT molecular complexity index is 352. The van der Waals surface area contributed by atoms with Crippen LogP contribution in [0, 0.1) is 23.2 Å². The number of carbonyl (C=O) groups excluding carboxylic acids is 1. The lowest BCUT2D eigenvalue weighted by Gasteiger charge is -2.22. The van der Waals surface area contributed by atoms with Gasteiger partial charge in [-0.1, -0.05) is 13.8 Å². The molecule has 3 heteroatoms. The van der Waals surface area contributed by atoms with E-state index in [1.54, 1.807) is 0 Å². The molecule has 4 atom stereocenters. The number of aliphatic hydroxyl groups is 1. The van der Waals surface area contributed by atoms with Crippen molar-refractivity contribution in [2.24, 2.45) is 23.2 Å². The predicted octanol–water partition coefficient (Wildman–Crippen LogP) is 1.69. The number of hydrogen-bond donors (Lipinski definition) is 1. The molecule has 1 N–H and O–H groups in total. The van der Waals surface area contributed by atoms with Gasteiger partial charge in [0, 0.05) is 36.9 Å². The Kier molecular flexibility index (Phi) is 3.02. The van der Waals surface area contributed by atoms with Gasteiger partial charge in [-0.05, 0) is 31.6 Å². The van der Waals surface area contributed by atoms with Gasteiger partial charge in [-0.3, -0.25) is 4.79 Å². The van der Waals surface area contributed by atoms with Gasteiger partial charge in [-0.25, -0.2) is 0 Å². The minimum Gasteiger partial charge on any atom is -0.393 e. The van der Waals surface area contributed by atoms with Gasteiger partial charge in [0.1, 0.15) is 5.78 Å². The zero-order chi connectivity index (χ0) is 12.9. The third-order valence-electron chi connectivity index (χ3n) is 5.53. The van der Waals surface area contributed by atoms with Crippen LogP contribution in [0.1, 0.15) is 39.5 Å². The largest absolute Gasteiger partial charge is 0.393 e. The van der Waals surface area contributed by atoms with Gasteiger partial charge in [0.15, 0.2) is 0 Å². The van der Waals surface area contributed by atoms with Crippen LogP contribution in [0.15, 0.2) is 0 Å².